The summed E-state index contributed by atoms with van der Waals surface area (Å²) in [5.74, 6) is 3.41. The molecular formula is C55H35N5O. The van der Waals surface area contributed by atoms with Gasteiger partial charge in [0.15, 0.2) is 23.1 Å². The van der Waals surface area contributed by atoms with Gasteiger partial charge in [-0.1, -0.05) is 158 Å². The smallest absolute Gasteiger partial charge is 0.238 e. The van der Waals surface area contributed by atoms with Crippen LogP contribution in [-0.2, 0) is 0 Å². The van der Waals surface area contributed by atoms with Crippen LogP contribution < -0.4 is 9.64 Å². The molecule has 0 radical (unpaired) electrons. The zero-order valence-corrected chi connectivity index (χ0v) is 32.9. The number of hydrogen-bond acceptors (Lipinski definition) is 5. The van der Waals surface area contributed by atoms with E-state index in [1.807, 2.05) is 54.6 Å². The number of anilines is 3. The largest absolute Gasteiger partial charge is 0.453 e. The van der Waals surface area contributed by atoms with Crippen molar-refractivity contribution in [2.24, 2.45) is 0 Å². The summed E-state index contributed by atoms with van der Waals surface area (Å²) in [4.78, 5) is 17.8. The molecule has 286 valence electrons. The molecule has 2 aromatic heterocycles. The van der Waals surface area contributed by atoms with Gasteiger partial charge in [0, 0.05) is 27.6 Å². The van der Waals surface area contributed by atoms with Crippen LogP contribution in [0.15, 0.2) is 212 Å². The summed E-state index contributed by atoms with van der Waals surface area (Å²) in [6, 6.07) is 73.9. The highest BCUT2D eigenvalue weighted by atomic mass is 16.5. The number of nitrogens with zero attached hydrogens (tertiary/aromatic N) is 5. The Labute approximate surface area is 352 Å². The molecule has 0 atom stereocenters. The van der Waals surface area contributed by atoms with E-state index in [0.29, 0.717) is 17.6 Å². The minimum absolute atomic E-state index is 0.558. The number of fused-ring (bicyclic) bond motifs is 7. The fourth-order valence-corrected chi connectivity index (χ4v) is 8.73. The predicted octanol–water partition coefficient (Wildman–Crippen LogP) is 14.4. The van der Waals surface area contributed by atoms with Crippen LogP contribution in [0.4, 0.5) is 17.1 Å². The van der Waals surface area contributed by atoms with Crippen LogP contribution in [0.1, 0.15) is 0 Å². The van der Waals surface area contributed by atoms with Crippen LogP contribution >= 0.6 is 0 Å². The highest BCUT2D eigenvalue weighted by molar-refractivity contribution is 6.21. The second-order valence-corrected chi connectivity index (χ2v) is 15.3. The van der Waals surface area contributed by atoms with Crippen molar-refractivity contribution >= 4 is 49.6 Å². The minimum atomic E-state index is 0.558. The van der Waals surface area contributed by atoms with Crippen molar-refractivity contribution in [3.05, 3.63) is 212 Å². The summed E-state index contributed by atoms with van der Waals surface area (Å²) in [7, 11) is 0. The van der Waals surface area contributed by atoms with Crippen molar-refractivity contribution in [3.8, 4) is 62.5 Å². The Bertz CT molecular complexity index is 3440. The van der Waals surface area contributed by atoms with Gasteiger partial charge in [-0.2, -0.15) is 9.97 Å². The molecule has 0 saturated carbocycles. The summed E-state index contributed by atoms with van der Waals surface area (Å²) in [6.07, 6.45) is 0. The average molecular weight is 782 g/mol. The lowest BCUT2D eigenvalue weighted by molar-refractivity contribution is 0.477. The molecule has 6 nitrogen and oxygen atoms in total. The number of para-hydroxylation sites is 3. The van der Waals surface area contributed by atoms with Gasteiger partial charge in [-0.3, -0.25) is 4.57 Å². The van der Waals surface area contributed by atoms with Crippen molar-refractivity contribution < 1.29 is 4.74 Å². The van der Waals surface area contributed by atoms with Gasteiger partial charge >= 0.3 is 0 Å². The Kier molecular flexibility index (Phi) is 8.06. The molecule has 12 rings (SSSR count). The third kappa shape index (κ3) is 5.92. The summed E-state index contributed by atoms with van der Waals surface area (Å²) in [5, 5.41) is 4.59. The highest BCUT2D eigenvalue weighted by Crippen LogP contribution is 2.51. The van der Waals surface area contributed by atoms with Gasteiger partial charge in [-0.05, 0) is 87.6 Å². The van der Waals surface area contributed by atoms with E-state index in [-0.39, 0.29) is 0 Å². The number of ether oxygens (including phenoxy) is 1. The van der Waals surface area contributed by atoms with E-state index in [1.165, 1.54) is 10.8 Å². The number of benzene rings is 9. The first-order chi connectivity index (χ1) is 30.2. The summed E-state index contributed by atoms with van der Waals surface area (Å²) >= 11 is 0. The van der Waals surface area contributed by atoms with Crippen LogP contribution in [0.25, 0.3) is 83.6 Å². The van der Waals surface area contributed by atoms with Gasteiger partial charge in [0.25, 0.3) is 0 Å². The predicted molar refractivity (Wildman–Crippen MR) is 248 cm³/mol. The molecule has 61 heavy (non-hydrogen) atoms. The van der Waals surface area contributed by atoms with E-state index in [2.05, 4.69) is 167 Å². The normalized spacial score (nSPS) is 12.0. The molecule has 0 spiro atoms. The van der Waals surface area contributed by atoms with E-state index in [0.717, 1.165) is 83.7 Å². The van der Waals surface area contributed by atoms with Crippen LogP contribution in [0.5, 0.6) is 11.5 Å². The van der Waals surface area contributed by atoms with Gasteiger partial charge in [0.05, 0.1) is 22.4 Å². The van der Waals surface area contributed by atoms with E-state index < -0.39 is 0 Å². The summed E-state index contributed by atoms with van der Waals surface area (Å²) in [5.41, 5.74) is 11.4. The quantitative estimate of drug-likeness (QED) is 0.168. The third-order valence-electron chi connectivity index (χ3n) is 11.6. The van der Waals surface area contributed by atoms with Crippen LogP contribution in [0.3, 0.4) is 0 Å². The summed E-state index contributed by atoms with van der Waals surface area (Å²) in [6.45, 7) is 0. The minimum Gasteiger partial charge on any atom is -0.453 e. The third-order valence-corrected chi connectivity index (χ3v) is 11.6. The van der Waals surface area contributed by atoms with Gasteiger partial charge in [-0.15, -0.1) is 0 Å². The fourth-order valence-electron chi connectivity index (χ4n) is 8.73. The first kappa shape index (κ1) is 34.7. The maximum absolute atomic E-state index is 6.49. The Hall–Kier alpha value is -8.35. The van der Waals surface area contributed by atoms with E-state index in [9.17, 15) is 0 Å². The second kappa shape index (κ2) is 14.2. The Morgan fingerprint density at radius 1 is 0.361 bits per heavy atom. The first-order valence-corrected chi connectivity index (χ1v) is 20.4. The van der Waals surface area contributed by atoms with Gasteiger partial charge in [0.2, 0.25) is 5.95 Å². The number of aromatic nitrogens is 4. The van der Waals surface area contributed by atoms with Gasteiger partial charge in [0.1, 0.15) is 0 Å². The Balaban J connectivity index is 1.05. The molecule has 1 aliphatic heterocycles. The SMILES string of the molecule is c1ccc(-c2ccc(-c3nc(-c4ccccc4)nc(-n4c5ccc(-c6ccc7c(c6)N(c6ccccc6)c6ccccc6O7)cc5c5c6ccccc6ccc54)n3)cc2)cc1. The molecule has 9 aromatic carbocycles. The molecular weight excluding hydrogens is 747 g/mol. The maximum atomic E-state index is 6.49. The lowest BCUT2D eigenvalue weighted by Crippen LogP contribution is -2.15. The van der Waals surface area contributed by atoms with Crippen molar-refractivity contribution in [2.75, 3.05) is 4.90 Å². The standard InChI is InChI=1S/C55H35N5O/c1-4-14-36(15-5-1)37-24-26-40(27-25-37)54-56-53(39-17-6-2-7-18-39)57-55(58-54)60-46-31-29-41(34-45(46)52-44-21-11-10-16-38(44)28-32-48(52)60)42-30-33-51-49(35-42)59(43-19-8-3-9-20-43)47-22-12-13-23-50(47)61-51/h1-35H. The topological polar surface area (TPSA) is 56.1 Å². The fraction of sp³-hybridized carbons (Fsp3) is 0. The lowest BCUT2D eigenvalue weighted by Gasteiger charge is -2.33. The van der Waals surface area contributed by atoms with Crippen molar-refractivity contribution in [1.29, 1.82) is 0 Å². The van der Waals surface area contributed by atoms with Crippen LogP contribution in [-0.4, -0.2) is 19.5 Å². The van der Waals surface area contributed by atoms with E-state index in [1.54, 1.807) is 0 Å². The number of rotatable bonds is 6. The van der Waals surface area contributed by atoms with Gasteiger partial charge in [-0.25, -0.2) is 4.98 Å². The summed E-state index contributed by atoms with van der Waals surface area (Å²) < 4.78 is 8.69. The molecule has 11 aromatic rings. The Morgan fingerprint density at radius 2 is 0.918 bits per heavy atom. The molecule has 0 unspecified atom stereocenters. The molecule has 0 fully saturated rings. The van der Waals surface area contributed by atoms with Crippen LogP contribution in [0.2, 0.25) is 0 Å². The number of hydrogen-bond donors (Lipinski definition) is 0. The average Bonchev–Trinajstić information content (AvgIpc) is 3.68. The van der Waals surface area contributed by atoms with Crippen molar-refractivity contribution in [3.63, 3.8) is 0 Å². The first-order valence-electron chi connectivity index (χ1n) is 20.4. The molecule has 0 bridgehead atoms. The lowest BCUT2D eigenvalue weighted by atomic mass is 9.99. The van der Waals surface area contributed by atoms with Crippen molar-refractivity contribution in [2.45, 2.75) is 0 Å². The Morgan fingerprint density at radius 3 is 1.70 bits per heavy atom. The monoisotopic (exact) mass is 781 g/mol. The van der Waals surface area contributed by atoms with E-state index in [4.69, 9.17) is 19.7 Å². The molecule has 6 heteroatoms. The zero-order chi connectivity index (χ0) is 40.3. The van der Waals surface area contributed by atoms with Gasteiger partial charge < -0.3 is 9.64 Å². The van der Waals surface area contributed by atoms with E-state index >= 15 is 0 Å². The highest BCUT2D eigenvalue weighted by Gasteiger charge is 2.27. The molecule has 0 saturated heterocycles. The maximum Gasteiger partial charge on any atom is 0.238 e. The molecule has 3 heterocycles. The van der Waals surface area contributed by atoms with Crippen molar-refractivity contribution in [1.82, 2.24) is 19.5 Å². The second-order valence-electron chi connectivity index (χ2n) is 15.3. The molecule has 0 N–H and O–H groups in total. The molecule has 0 aliphatic carbocycles. The molecule has 1 aliphatic rings. The molecule has 0 amide bonds. The zero-order valence-electron chi connectivity index (χ0n) is 32.9. The van der Waals surface area contributed by atoms with Crippen LogP contribution in [0, 0.1) is 0 Å².